The van der Waals surface area contributed by atoms with E-state index in [9.17, 15) is 4.79 Å². The Labute approximate surface area is 121 Å². The van der Waals surface area contributed by atoms with Crippen molar-refractivity contribution in [2.24, 2.45) is 5.92 Å². The number of nitrogens with one attached hydrogen (secondary N) is 1. The lowest BCUT2D eigenvalue weighted by molar-refractivity contribution is 0.0719. The number of hydrogen-bond acceptors (Lipinski definition) is 3. The summed E-state index contributed by atoms with van der Waals surface area (Å²) >= 11 is 0. The molecular formula is C16H26N2O2. The van der Waals surface area contributed by atoms with Gasteiger partial charge in [-0.25, -0.2) is 0 Å². The minimum absolute atomic E-state index is 0.0988. The van der Waals surface area contributed by atoms with E-state index in [4.69, 9.17) is 4.42 Å². The van der Waals surface area contributed by atoms with Crippen LogP contribution in [0, 0.1) is 19.8 Å². The van der Waals surface area contributed by atoms with Crippen LogP contribution >= 0.6 is 0 Å². The lowest BCUT2D eigenvalue weighted by Gasteiger charge is -2.27. The summed E-state index contributed by atoms with van der Waals surface area (Å²) in [6.07, 6.45) is 2.36. The van der Waals surface area contributed by atoms with E-state index < -0.39 is 0 Å². The highest BCUT2D eigenvalue weighted by atomic mass is 16.3. The van der Waals surface area contributed by atoms with E-state index in [0.717, 1.165) is 37.6 Å². The molecule has 1 fully saturated rings. The van der Waals surface area contributed by atoms with Crippen molar-refractivity contribution < 1.29 is 9.21 Å². The van der Waals surface area contributed by atoms with E-state index >= 15 is 0 Å². The summed E-state index contributed by atoms with van der Waals surface area (Å²) in [5.74, 6) is 2.09. The molecule has 2 heterocycles. The lowest BCUT2D eigenvalue weighted by Crippen LogP contribution is -2.42. The second-order valence-electron chi connectivity index (χ2n) is 6.22. The smallest absolute Gasteiger partial charge is 0.257 e. The number of amides is 1. The van der Waals surface area contributed by atoms with Gasteiger partial charge in [-0.1, -0.05) is 13.8 Å². The summed E-state index contributed by atoms with van der Waals surface area (Å²) in [6, 6.07) is 2.29. The van der Waals surface area contributed by atoms with Crippen molar-refractivity contribution in [3.8, 4) is 0 Å². The molecule has 2 rings (SSSR count). The highest BCUT2D eigenvalue weighted by Crippen LogP contribution is 2.18. The molecule has 1 unspecified atom stereocenters. The Kier molecular flexibility index (Phi) is 4.86. The van der Waals surface area contributed by atoms with Gasteiger partial charge in [0.2, 0.25) is 0 Å². The van der Waals surface area contributed by atoms with Crippen LogP contribution in [0.5, 0.6) is 0 Å². The molecule has 0 aromatic carbocycles. The van der Waals surface area contributed by atoms with E-state index in [-0.39, 0.29) is 5.91 Å². The van der Waals surface area contributed by atoms with Crippen LogP contribution < -0.4 is 5.32 Å². The zero-order valence-electron chi connectivity index (χ0n) is 13.0. The Morgan fingerprint density at radius 3 is 2.75 bits per heavy atom. The number of nitrogens with zero attached hydrogens (tertiary/aromatic N) is 1. The average Bonchev–Trinajstić information content (AvgIpc) is 2.96. The third-order valence-corrected chi connectivity index (χ3v) is 3.75. The van der Waals surface area contributed by atoms with Crippen LogP contribution in [0.3, 0.4) is 0 Å². The second kappa shape index (κ2) is 6.44. The Morgan fingerprint density at radius 2 is 2.25 bits per heavy atom. The normalized spacial score (nSPS) is 18.8. The third-order valence-electron chi connectivity index (χ3n) is 3.75. The first-order chi connectivity index (χ1) is 9.47. The van der Waals surface area contributed by atoms with Crippen molar-refractivity contribution in [1.82, 2.24) is 10.2 Å². The second-order valence-corrected chi connectivity index (χ2v) is 6.22. The van der Waals surface area contributed by atoms with Gasteiger partial charge < -0.3 is 14.6 Å². The third kappa shape index (κ3) is 3.63. The maximum Gasteiger partial charge on any atom is 0.257 e. The maximum absolute atomic E-state index is 12.7. The molecular weight excluding hydrogens is 252 g/mol. The molecule has 0 aliphatic carbocycles. The highest BCUT2D eigenvalue weighted by Gasteiger charge is 2.25. The van der Waals surface area contributed by atoms with Gasteiger partial charge in [0.15, 0.2) is 0 Å². The molecule has 4 heteroatoms. The van der Waals surface area contributed by atoms with Gasteiger partial charge in [-0.2, -0.15) is 0 Å². The van der Waals surface area contributed by atoms with Gasteiger partial charge in [-0.15, -0.1) is 0 Å². The summed E-state index contributed by atoms with van der Waals surface area (Å²) in [6.45, 7) is 10.7. The van der Waals surface area contributed by atoms with Crippen molar-refractivity contribution in [2.75, 3.05) is 19.6 Å². The van der Waals surface area contributed by atoms with Crippen LogP contribution in [-0.4, -0.2) is 36.5 Å². The summed E-state index contributed by atoms with van der Waals surface area (Å²) in [4.78, 5) is 14.7. The average molecular weight is 278 g/mol. The molecule has 1 aromatic rings. The van der Waals surface area contributed by atoms with Crippen LogP contribution in [0.4, 0.5) is 0 Å². The summed E-state index contributed by atoms with van der Waals surface area (Å²) < 4.78 is 5.50. The van der Waals surface area contributed by atoms with Gasteiger partial charge >= 0.3 is 0 Å². The van der Waals surface area contributed by atoms with Crippen LogP contribution in [0.1, 0.15) is 48.6 Å². The molecule has 0 bridgehead atoms. The predicted octanol–water partition coefficient (Wildman–Crippen LogP) is 2.75. The van der Waals surface area contributed by atoms with Crippen molar-refractivity contribution in [3.63, 3.8) is 0 Å². The fourth-order valence-corrected chi connectivity index (χ4v) is 2.87. The quantitative estimate of drug-likeness (QED) is 0.901. The Hall–Kier alpha value is -1.29. The molecule has 0 radical (unpaired) electrons. The zero-order valence-corrected chi connectivity index (χ0v) is 13.0. The minimum atomic E-state index is 0.0988. The Bertz CT molecular complexity index is 459. The number of rotatable bonds is 5. The molecule has 1 atom stereocenters. The van der Waals surface area contributed by atoms with Crippen LogP contribution in [0.25, 0.3) is 0 Å². The molecule has 1 N–H and O–H groups in total. The molecule has 112 valence electrons. The molecule has 1 aliphatic rings. The minimum Gasteiger partial charge on any atom is -0.466 e. The number of aryl methyl sites for hydroxylation is 2. The van der Waals surface area contributed by atoms with Gasteiger partial charge in [0.1, 0.15) is 11.5 Å². The SMILES string of the molecule is Cc1cc(C(=O)N(CC(C)C)CC2CCCN2)c(C)o1. The van der Waals surface area contributed by atoms with Crippen molar-refractivity contribution >= 4 is 5.91 Å². The highest BCUT2D eigenvalue weighted by molar-refractivity contribution is 5.95. The molecule has 0 spiro atoms. The Morgan fingerprint density at radius 1 is 1.50 bits per heavy atom. The molecule has 4 nitrogen and oxygen atoms in total. The molecule has 0 saturated carbocycles. The topological polar surface area (TPSA) is 45.5 Å². The molecule has 20 heavy (non-hydrogen) atoms. The number of furan rings is 1. The first-order valence-corrected chi connectivity index (χ1v) is 7.57. The van der Waals surface area contributed by atoms with E-state index in [2.05, 4.69) is 19.2 Å². The van der Waals surface area contributed by atoms with Crippen LogP contribution in [-0.2, 0) is 0 Å². The fourth-order valence-electron chi connectivity index (χ4n) is 2.87. The van der Waals surface area contributed by atoms with E-state index in [0.29, 0.717) is 17.5 Å². The molecule has 1 saturated heterocycles. The summed E-state index contributed by atoms with van der Waals surface area (Å²) in [5, 5.41) is 3.47. The van der Waals surface area contributed by atoms with E-state index in [1.165, 1.54) is 6.42 Å². The maximum atomic E-state index is 12.7. The molecule has 1 amide bonds. The van der Waals surface area contributed by atoms with Gasteiger partial charge in [-0.05, 0) is 45.2 Å². The zero-order chi connectivity index (χ0) is 14.7. The molecule has 1 aromatic heterocycles. The van der Waals surface area contributed by atoms with Crippen molar-refractivity contribution in [1.29, 1.82) is 0 Å². The van der Waals surface area contributed by atoms with Gasteiger partial charge in [0.05, 0.1) is 5.56 Å². The van der Waals surface area contributed by atoms with Crippen molar-refractivity contribution in [2.45, 2.75) is 46.6 Å². The first kappa shape index (κ1) is 15.1. The van der Waals surface area contributed by atoms with Gasteiger partial charge in [0.25, 0.3) is 5.91 Å². The number of carbonyl (C=O) groups is 1. The standard InChI is InChI=1S/C16H26N2O2/c1-11(2)9-18(10-14-6-5-7-17-14)16(19)15-8-12(3)20-13(15)4/h8,11,14,17H,5-7,9-10H2,1-4H3. The van der Waals surface area contributed by atoms with Gasteiger partial charge in [-0.3, -0.25) is 4.79 Å². The van der Waals surface area contributed by atoms with E-state index in [1.807, 2.05) is 24.8 Å². The molecule has 1 aliphatic heterocycles. The summed E-state index contributed by atoms with van der Waals surface area (Å²) in [7, 11) is 0. The number of carbonyl (C=O) groups excluding carboxylic acids is 1. The van der Waals surface area contributed by atoms with Gasteiger partial charge in [0, 0.05) is 19.1 Å². The Balaban J connectivity index is 2.12. The van der Waals surface area contributed by atoms with Crippen LogP contribution in [0.15, 0.2) is 10.5 Å². The summed E-state index contributed by atoms with van der Waals surface area (Å²) in [5.41, 5.74) is 0.709. The first-order valence-electron chi connectivity index (χ1n) is 7.57. The van der Waals surface area contributed by atoms with E-state index in [1.54, 1.807) is 0 Å². The lowest BCUT2D eigenvalue weighted by atomic mass is 10.1. The monoisotopic (exact) mass is 278 g/mol. The number of hydrogen-bond donors (Lipinski definition) is 1. The van der Waals surface area contributed by atoms with Crippen LogP contribution in [0.2, 0.25) is 0 Å². The largest absolute Gasteiger partial charge is 0.466 e. The predicted molar refractivity (Wildman–Crippen MR) is 79.9 cm³/mol. The fraction of sp³-hybridized carbons (Fsp3) is 0.688. The van der Waals surface area contributed by atoms with Crippen molar-refractivity contribution in [3.05, 3.63) is 23.2 Å².